The lowest BCUT2D eigenvalue weighted by Crippen LogP contribution is -2.44. The summed E-state index contributed by atoms with van der Waals surface area (Å²) in [5.41, 5.74) is 1.16. The zero-order valence-electron chi connectivity index (χ0n) is 10.1. The van der Waals surface area contributed by atoms with Crippen LogP contribution < -0.4 is 0 Å². The first kappa shape index (κ1) is 13.3. The number of esters is 2. The summed E-state index contributed by atoms with van der Waals surface area (Å²) in [6.45, 7) is 7.68. The van der Waals surface area contributed by atoms with Crippen LogP contribution in [0.25, 0.3) is 0 Å². The average Bonchev–Trinajstić information content (AvgIpc) is 2.79. The summed E-state index contributed by atoms with van der Waals surface area (Å²) in [6, 6.07) is 0. The number of methoxy groups -OCH3 is 2. The summed E-state index contributed by atoms with van der Waals surface area (Å²) in [7, 11) is 2.53. The molecule has 2 aliphatic heterocycles. The lowest BCUT2D eigenvalue weighted by atomic mass is 9.75. The molecule has 0 unspecified atom stereocenters. The van der Waals surface area contributed by atoms with Gasteiger partial charge in [-0.05, 0) is 27.1 Å². The second-order valence-electron chi connectivity index (χ2n) is 4.24. The van der Waals surface area contributed by atoms with Crippen molar-refractivity contribution < 1.29 is 23.8 Å². The molecule has 0 aromatic rings. The maximum atomic E-state index is 11.9. The lowest BCUT2D eigenvalue weighted by Gasteiger charge is -2.31. The number of alkyl halides is 1. The molecule has 98 valence electrons. The number of carbonyl (C=O) groups is 2. The maximum Gasteiger partial charge on any atom is 0.313 e. The van der Waals surface area contributed by atoms with Crippen LogP contribution in [0.4, 0.5) is 0 Å². The monoisotopic (exact) mass is 316 g/mol. The number of fused-ring (bicyclic) bond motifs is 2. The highest BCUT2D eigenvalue weighted by atomic mass is 79.9. The summed E-state index contributed by atoms with van der Waals surface area (Å²) in [5.74, 6) is -2.65. The Bertz CT molecular complexity index is 457. The Hall–Kier alpha value is -1.14. The van der Waals surface area contributed by atoms with E-state index in [1.54, 1.807) is 0 Å². The van der Waals surface area contributed by atoms with Gasteiger partial charge in [-0.25, -0.2) is 0 Å². The van der Waals surface area contributed by atoms with Crippen molar-refractivity contribution in [2.75, 3.05) is 14.2 Å². The Morgan fingerprint density at radius 2 is 1.83 bits per heavy atom. The van der Waals surface area contributed by atoms with Crippen LogP contribution in [0.15, 0.2) is 24.3 Å². The Labute approximate surface area is 113 Å². The van der Waals surface area contributed by atoms with Gasteiger partial charge in [0.15, 0.2) is 4.51 Å². The Morgan fingerprint density at radius 1 is 1.28 bits per heavy atom. The molecule has 0 aliphatic carbocycles. The fourth-order valence-electron chi connectivity index (χ4n) is 2.50. The minimum absolute atomic E-state index is 0.523. The fraction of sp³-hybridized carbons (Fsp3) is 0.500. The van der Waals surface area contributed by atoms with Crippen LogP contribution in [-0.2, 0) is 23.8 Å². The van der Waals surface area contributed by atoms with Crippen LogP contribution >= 0.6 is 15.9 Å². The van der Waals surface area contributed by atoms with Crippen molar-refractivity contribution >= 4 is 27.9 Å². The number of rotatable bonds is 2. The largest absolute Gasteiger partial charge is 0.469 e. The number of halogens is 1. The third-order valence-corrected chi connectivity index (χ3v) is 4.61. The smallest absolute Gasteiger partial charge is 0.313 e. The molecule has 6 heteroatoms. The number of hydrogen-bond donors (Lipinski definition) is 0. The van der Waals surface area contributed by atoms with Crippen molar-refractivity contribution in [3.63, 3.8) is 0 Å². The third-order valence-electron chi connectivity index (χ3n) is 3.45. The van der Waals surface area contributed by atoms with Crippen LogP contribution in [0.5, 0.6) is 0 Å². The molecule has 0 N–H and O–H groups in total. The highest BCUT2D eigenvalue weighted by Gasteiger charge is 2.68. The third kappa shape index (κ3) is 1.48. The Morgan fingerprint density at radius 3 is 2.33 bits per heavy atom. The van der Waals surface area contributed by atoms with E-state index in [0.717, 1.165) is 0 Å². The summed E-state index contributed by atoms with van der Waals surface area (Å²) < 4.78 is 14.0. The molecule has 2 aliphatic rings. The molecule has 0 aromatic carbocycles. The van der Waals surface area contributed by atoms with E-state index in [2.05, 4.69) is 29.1 Å². The van der Waals surface area contributed by atoms with E-state index in [0.29, 0.717) is 11.1 Å². The van der Waals surface area contributed by atoms with Crippen LogP contribution in [0, 0.1) is 11.8 Å². The van der Waals surface area contributed by atoms with Crippen molar-refractivity contribution in [2.45, 2.75) is 10.6 Å². The van der Waals surface area contributed by atoms with Crippen LogP contribution in [-0.4, -0.2) is 36.8 Å². The molecule has 0 spiro atoms. The van der Waals surface area contributed by atoms with Crippen molar-refractivity contribution in [1.29, 1.82) is 0 Å². The molecular formula is C12H13BrO5. The fourth-order valence-corrected chi connectivity index (χ4v) is 3.42. The molecule has 4 atom stereocenters. The molecule has 2 heterocycles. The zero-order valence-corrected chi connectivity index (χ0v) is 11.7. The quantitative estimate of drug-likeness (QED) is 0.565. The van der Waals surface area contributed by atoms with E-state index >= 15 is 0 Å². The first-order valence-corrected chi connectivity index (χ1v) is 6.08. The first-order chi connectivity index (χ1) is 8.38. The molecule has 0 amide bonds. The van der Waals surface area contributed by atoms with Gasteiger partial charge in [0.25, 0.3) is 0 Å². The molecule has 2 rings (SSSR count). The maximum absolute atomic E-state index is 11.9. The highest BCUT2D eigenvalue weighted by molar-refractivity contribution is 9.10. The van der Waals surface area contributed by atoms with Gasteiger partial charge >= 0.3 is 11.9 Å². The normalized spacial score (nSPS) is 37.8. The second-order valence-corrected chi connectivity index (χ2v) is 5.42. The lowest BCUT2D eigenvalue weighted by molar-refractivity contribution is -0.157. The Kier molecular flexibility index (Phi) is 3.11. The summed E-state index contributed by atoms with van der Waals surface area (Å²) >= 11 is 3.35. The minimum Gasteiger partial charge on any atom is -0.469 e. The Balaban J connectivity index is 2.47. The van der Waals surface area contributed by atoms with Gasteiger partial charge in [0.1, 0.15) is 11.8 Å². The predicted molar refractivity (Wildman–Crippen MR) is 65.8 cm³/mol. The van der Waals surface area contributed by atoms with Crippen LogP contribution in [0.2, 0.25) is 0 Å². The SMILES string of the molecule is C=C1C(=C)[C@]2(Br)O[C@H]1[C@H](C(=O)OC)[C@@H]2C(=O)OC. The second kappa shape index (κ2) is 4.20. The van der Waals surface area contributed by atoms with Gasteiger partial charge in [-0.1, -0.05) is 13.2 Å². The van der Waals surface area contributed by atoms with E-state index < -0.39 is 34.4 Å². The molecule has 2 bridgehead atoms. The van der Waals surface area contributed by atoms with E-state index in [9.17, 15) is 9.59 Å². The van der Waals surface area contributed by atoms with Gasteiger partial charge in [-0.2, -0.15) is 0 Å². The van der Waals surface area contributed by atoms with Gasteiger partial charge < -0.3 is 14.2 Å². The van der Waals surface area contributed by atoms with E-state index in [1.807, 2.05) is 0 Å². The van der Waals surface area contributed by atoms with E-state index in [4.69, 9.17) is 14.2 Å². The van der Waals surface area contributed by atoms with Crippen LogP contribution in [0.1, 0.15) is 0 Å². The van der Waals surface area contributed by atoms with Gasteiger partial charge in [0.2, 0.25) is 0 Å². The first-order valence-electron chi connectivity index (χ1n) is 5.29. The van der Waals surface area contributed by atoms with Crippen molar-refractivity contribution in [3.8, 4) is 0 Å². The molecule has 0 aromatic heterocycles. The molecule has 18 heavy (non-hydrogen) atoms. The molecule has 2 fully saturated rings. The highest BCUT2D eigenvalue weighted by Crippen LogP contribution is 2.59. The van der Waals surface area contributed by atoms with Gasteiger partial charge in [0.05, 0.1) is 20.3 Å². The summed E-state index contributed by atoms with van der Waals surface area (Å²) in [6.07, 6.45) is -0.603. The molecule has 5 nitrogen and oxygen atoms in total. The number of hydrogen-bond acceptors (Lipinski definition) is 5. The molecular weight excluding hydrogens is 304 g/mol. The van der Waals surface area contributed by atoms with Gasteiger partial charge in [0, 0.05) is 0 Å². The number of carbonyl (C=O) groups excluding carboxylic acids is 2. The average molecular weight is 317 g/mol. The molecule has 0 radical (unpaired) electrons. The topological polar surface area (TPSA) is 61.8 Å². The zero-order chi connectivity index (χ0) is 13.7. The van der Waals surface area contributed by atoms with Crippen molar-refractivity contribution in [3.05, 3.63) is 24.3 Å². The van der Waals surface area contributed by atoms with Crippen LogP contribution in [0.3, 0.4) is 0 Å². The summed E-state index contributed by atoms with van der Waals surface area (Å²) in [5, 5.41) is 0. The van der Waals surface area contributed by atoms with Gasteiger partial charge in [-0.15, -0.1) is 0 Å². The van der Waals surface area contributed by atoms with E-state index in [1.165, 1.54) is 14.2 Å². The minimum atomic E-state index is -1.12. The van der Waals surface area contributed by atoms with Crippen molar-refractivity contribution in [2.24, 2.45) is 11.8 Å². The summed E-state index contributed by atoms with van der Waals surface area (Å²) in [4.78, 5) is 23.7. The standard InChI is InChI=1S/C12H13BrO5/c1-5-6(2)12(13)8(11(15)17-4)7(9(5)18-12)10(14)16-3/h7-9H,1-2H2,3-4H3/t7-,8-,9-,12+/m1/s1. The predicted octanol–water partition coefficient (Wildman–Crippen LogP) is 1.18. The molecule has 0 saturated carbocycles. The van der Waals surface area contributed by atoms with E-state index in [-0.39, 0.29) is 0 Å². The number of ether oxygens (including phenoxy) is 3. The van der Waals surface area contributed by atoms with Crippen molar-refractivity contribution in [1.82, 2.24) is 0 Å². The van der Waals surface area contributed by atoms with Gasteiger partial charge in [-0.3, -0.25) is 9.59 Å². The molecule has 2 saturated heterocycles.